The van der Waals surface area contributed by atoms with Crippen LogP contribution in [0.5, 0.6) is 0 Å². The van der Waals surface area contributed by atoms with E-state index in [9.17, 15) is 0 Å². The standard InChI is InChI=1S/C22H12S2/c23-22-20-15-9-4-6-12-5-3-8-13(19(12)15)16(20)11-18-21(22)14-7-1-2-10-17(14)24-18/h1-11,23H. The van der Waals surface area contributed by atoms with Crippen LogP contribution in [-0.2, 0) is 0 Å². The molecule has 0 unspecified atom stereocenters. The summed E-state index contributed by atoms with van der Waals surface area (Å²) in [6.07, 6.45) is 0. The van der Waals surface area contributed by atoms with Crippen LogP contribution in [0.1, 0.15) is 0 Å². The quantitative estimate of drug-likeness (QED) is 0.279. The number of benzene rings is 4. The summed E-state index contributed by atoms with van der Waals surface area (Å²) in [6.45, 7) is 0. The maximum Gasteiger partial charge on any atom is 0.0373 e. The smallest absolute Gasteiger partial charge is 0.0373 e. The summed E-state index contributed by atoms with van der Waals surface area (Å²) in [6, 6.07) is 24.2. The lowest BCUT2D eigenvalue weighted by molar-refractivity contribution is 1.60. The second kappa shape index (κ2) is 4.41. The zero-order chi connectivity index (χ0) is 15.8. The highest BCUT2D eigenvalue weighted by molar-refractivity contribution is 7.80. The molecular weight excluding hydrogens is 328 g/mol. The molecule has 1 heterocycles. The van der Waals surface area contributed by atoms with Crippen LogP contribution in [0.2, 0.25) is 0 Å². The molecule has 0 aliphatic heterocycles. The van der Waals surface area contributed by atoms with Gasteiger partial charge in [-0.1, -0.05) is 54.6 Å². The Kier molecular flexibility index (Phi) is 2.40. The molecule has 2 heteroatoms. The van der Waals surface area contributed by atoms with Gasteiger partial charge in [-0.15, -0.1) is 24.0 Å². The van der Waals surface area contributed by atoms with Gasteiger partial charge in [-0.25, -0.2) is 0 Å². The minimum absolute atomic E-state index is 1.11. The highest BCUT2D eigenvalue weighted by Gasteiger charge is 2.25. The largest absolute Gasteiger partial charge is 0.142 e. The Morgan fingerprint density at radius 1 is 0.667 bits per heavy atom. The van der Waals surface area contributed by atoms with Crippen molar-refractivity contribution < 1.29 is 0 Å². The van der Waals surface area contributed by atoms with Gasteiger partial charge in [0.15, 0.2) is 0 Å². The molecule has 0 spiro atoms. The van der Waals surface area contributed by atoms with Gasteiger partial charge in [-0.3, -0.25) is 0 Å². The van der Waals surface area contributed by atoms with Crippen molar-refractivity contribution in [3.63, 3.8) is 0 Å². The van der Waals surface area contributed by atoms with E-state index in [1.807, 2.05) is 11.3 Å². The van der Waals surface area contributed by atoms with Crippen molar-refractivity contribution in [2.45, 2.75) is 4.90 Å². The summed E-state index contributed by atoms with van der Waals surface area (Å²) in [4.78, 5) is 1.11. The first kappa shape index (κ1) is 13.1. The number of rotatable bonds is 0. The number of fused-ring (bicyclic) bond motifs is 6. The summed E-state index contributed by atoms with van der Waals surface area (Å²) < 4.78 is 2.66. The fourth-order valence-electron chi connectivity index (χ4n) is 4.12. The van der Waals surface area contributed by atoms with E-state index in [1.54, 1.807) is 0 Å². The third-order valence-corrected chi connectivity index (χ3v) is 6.67. The molecule has 1 aliphatic carbocycles. The van der Waals surface area contributed by atoms with Crippen LogP contribution in [-0.4, -0.2) is 0 Å². The van der Waals surface area contributed by atoms with Crippen LogP contribution >= 0.6 is 24.0 Å². The zero-order valence-electron chi connectivity index (χ0n) is 12.7. The lowest BCUT2D eigenvalue weighted by Gasteiger charge is -2.08. The van der Waals surface area contributed by atoms with E-state index in [0.717, 1.165) is 4.90 Å². The van der Waals surface area contributed by atoms with E-state index in [0.29, 0.717) is 0 Å². The van der Waals surface area contributed by atoms with Crippen molar-refractivity contribution in [3.05, 3.63) is 66.7 Å². The maximum absolute atomic E-state index is 5.01. The molecule has 0 saturated carbocycles. The molecule has 1 aromatic heterocycles. The molecule has 0 bridgehead atoms. The highest BCUT2D eigenvalue weighted by atomic mass is 32.1. The van der Waals surface area contributed by atoms with E-state index >= 15 is 0 Å². The SMILES string of the molecule is Sc1c2c(cc3sc4ccccc4c13)-c1cccc3cccc-2c13. The molecule has 1 aliphatic rings. The van der Waals surface area contributed by atoms with Crippen LogP contribution in [0.3, 0.4) is 0 Å². The first-order chi connectivity index (χ1) is 11.8. The minimum atomic E-state index is 1.11. The van der Waals surface area contributed by atoms with Crippen LogP contribution in [0.25, 0.3) is 53.2 Å². The van der Waals surface area contributed by atoms with Gasteiger partial charge in [0.1, 0.15) is 0 Å². The molecule has 5 aromatic rings. The average Bonchev–Trinajstić information content (AvgIpc) is 3.14. The lowest BCUT2D eigenvalue weighted by atomic mass is 10.0. The molecule has 112 valence electrons. The van der Waals surface area contributed by atoms with Gasteiger partial charge in [-0.2, -0.15) is 0 Å². The van der Waals surface area contributed by atoms with Crippen molar-refractivity contribution in [2.24, 2.45) is 0 Å². The van der Waals surface area contributed by atoms with Crippen molar-refractivity contribution in [1.82, 2.24) is 0 Å². The monoisotopic (exact) mass is 340 g/mol. The van der Waals surface area contributed by atoms with Crippen LogP contribution < -0.4 is 0 Å². The van der Waals surface area contributed by atoms with Gasteiger partial charge in [0.25, 0.3) is 0 Å². The van der Waals surface area contributed by atoms with E-state index in [1.165, 1.54) is 53.2 Å². The highest BCUT2D eigenvalue weighted by Crippen LogP contribution is 2.53. The van der Waals surface area contributed by atoms with Crippen molar-refractivity contribution in [1.29, 1.82) is 0 Å². The van der Waals surface area contributed by atoms with Crippen molar-refractivity contribution >= 4 is 54.9 Å². The molecule has 0 radical (unpaired) electrons. The van der Waals surface area contributed by atoms with Gasteiger partial charge in [0.2, 0.25) is 0 Å². The molecule has 6 rings (SSSR count). The Morgan fingerprint density at radius 3 is 2.33 bits per heavy atom. The first-order valence-electron chi connectivity index (χ1n) is 8.02. The fourth-order valence-corrected chi connectivity index (χ4v) is 5.84. The third-order valence-electron chi connectivity index (χ3n) is 5.11. The lowest BCUT2D eigenvalue weighted by Crippen LogP contribution is -1.81. The Morgan fingerprint density at radius 2 is 1.46 bits per heavy atom. The molecule has 0 nitrogen and oxygen atoms in total. The maximum atomic E-state index is 5.01. The van der Waals surface area contributed by atoms with Crippen molar-refractivity contribution in [3.8, 4) is 22.3 Å². The summed E-state index contributed by atoms with van der Waals surface area (Å²) in [5, 5.41) is 5.28. The molecular formula is C22H12S2. The Bertz CT molecular complexity index is 1300. The number of thiol groups is 1. The van der Waals surface area contributed by atoms with E-state index in [2.05, 4.69) is 66.7 Å². The van der Waals surface area contributed by atoms with E-state index in [-0.39, 0.29) is 0 Å². The third kappa shape index (κ3) is 1.46. The fraction of sp³-hybridized carbons (Fsp3) is 0. The zero-order valence-corrected chi connectivity index (χ0v) is 14.4. The van der Waals surface area contributed by atoms with Crippen LogP contribution in [0.15, 0.2) is 71.6 Å². The average molecular weight is 340 g/mol. The Hall–Kier alpha value is -2.29. The van der Waals surface area contributed by atoms with Gasteiger partial charge < -0.3 is 0 Å². The van der Waals surface area contributed by atoms with Gasteiger partial charge >= 0.3 is 0 Å². The summed E-state index contributed by atoms with van der Waals surface area (Å²) in [5.74, 6) is 0. The van der Waals surface area contributed by atoms with Gasteiger partial charge in [-0.05, 0) is 39.6 Å². The van der Waals surface area contributed by atoms with Crippen LogP contribution in [0, 0.1) is 0 Å². The summed E-state index contributed by atoms with van der Waals surface area (Å²) >= 11 is 6.87. The minimum Gasteiger partial charge on any atom is -0.142 e. The molecule has 0 saturated heterocycles. The molecule has 4 aromatic carbocycles. The van der Waals surface area contributed by atoms with Gasteiger partial charge in [0, 0.05) is 30.6 Å². The van der Waals surface area contributed by atoms with E-state index < -0.39 is 0 Å². The van der Waals surface area contributed by atoms with E-state index in [4.69, 9.17) is 12.6 Å². The molecule has 24 heavy (non-hydrogen) atoms. The predicted octanol–water partition coefficient (Wildman–Crippen LogP) is 7.14. The second-order valence-corrected chi connectivity index (χ2v) is 7.86. The first-order valence-corrected chi connectivity index (χ1v) is 9.29. The molecule has 0 N–H and O–H groups in total. The molecule has 0 atom stereocenters. The normalized spacial score (nSPS) is 12.4. The number of hydrogen-bond acceptors (Lipinski definition) is 2. The molecule has 0 fully saturated rings. The second-order valence-electron chi connectivity index (χ2n) is 6.33. The molecule has 0 amide bonds. The Labute approximate surface area is 148 Å². The topological polar surface area (TPSA) is 0 Å². The Balaban J connectivity index is 1.88. The summed E-state index contributed by atoms with van der Waals surface area (Å²) in [7, 11) is 0. The van der Waals surface area contributed by atoms with Crippen molar-refractivity contribution in [2.75, 3.05) is 0 Å². The summed E-state index contributed by atoms with van der Waals surface area (Å²) in [5.41, 5.74) is 5.28. The number of thiophene rings is 1. The van der Waals surface area contributed by atoms with Crippen LogP contribution in [0.4, 0.5) is 0 Å². The van der Waals surface area contributed by atoms with Gasteiger partial charge in [0.05, 0.1) is 0 Å². The number of hydrogen-bond donors (Lipinski definition) is 1. The predicted molar refractivity (Wildman–Crippen MR) is 109 cm³/mol.